The molecule has 0 aliphatic heterocycles. The van der Waals surface area contributed by atoms with E-state index in [2.05, 4.69) is 5.32 Å². The molecule has 0 amide bonds. The largest absolute Gasteiger partial charge is 0.417 e. The Morgan fingerprint density at radius 2 is 1.80 bits per heavy atom. The van der Waals surface area contributed by atoms with Crippen LogP contribution in [-0.2, 0) is 22.7 Å². The van der Waals surface area contributed by atoms with Gasteiger partial charge in [0.1, 0.15) is 0 Å². The first kappa shape index (κ1) is 19.6. The lowest BCUT2D eigenvalue weighted by molar-refractivity contribution is -0.137. The molecule has 0 heterocycles. The Balaban J connectivity index is 2.20. The molecule has 4 nitrogen and oxygen atoms in total. The SMILES string of the molecule is CN(C)S(=O)(=O)c1cccc(CNc2ccc(Cl)c(C(F)(F)F)c2)c1. The van der Waals surface area contributed by atoms with Gasteiger partial charge >= 0.3 is 6.18 Å². The molecule has 1 N–H and O–H groups in total. The third kappa shape index (κ3) is 4.65. The minimum Gasteiger partial charge on any atom is -0.381 e. The second-order valence-corrected chi connectivity index (χ2v) is 8.04. The summed E-state index contributed by atoms with van der Waals surface area (Å²) in [5, 5.41) is 2.46. The van der Waals surface area contributed by atoms with Crippen LogP contribution in [0.2, 0.25) is 5.02 Å². The molecular formula is C16H16ClF3N2O2S. The Morgan fingerprint density at radius 1 is 1.12 bits per heavy atom. The zero-order chi connectivity index (χ0) is 18.8. The third-order valence-corrected chi connectivity index (χ3v) is 5.59. The topological polar surface area (TPSA) is 49.4 Å². The van der Waals surface area contributed by atoms with Gasteiger partial charge < -0.3 is 5.32 Å². The van der Waals surface area contributed by atoms with Crippen molar-refractivity contribution in [1.29, 1.82) is 0 Å². The molecule has 0 aliphatic rings. The zero-order valence-electron chi connectivity index (χ0n) is 13.4. The van der Waals surface area contributed by atoms with Crippen LogP contribution in [0.1, 0.15) is 11.1 Å². The second-order valence-electron chi connectivity index (χ2n) is 5.48. The molecule has 0 radical (unpaired) electrons. The summed E-state index contributed by atoms with van der Waals surface area (Å²) in [5.74, 6) is 0. The number of rotatable bonds is 5. The molecule has 0 unspecified atom stereocenters. The van der Waals surface area contributed by atoms with E-state index in [-0.39, 0.29) is 22.2 Å². The minimum atomic E-state index is -4.55. The predicted molar refractivity (Wildman–Crippen MR) is 91.1 cm³/mol. The number of hydrogen-bond donors (Lipinski definition) is 1. The smallest absolute Gasteiger partial charge is 0.381 e. The second kappa shape index (κ2) is 7.23. The lowest BCUT2D eigenvalue weighted by atomic mass is 10.1. The molecule has 2 rings (SSSR count). The lowest BCUT2D eigenvalue weighted by Crippen LogP contribution is -2.22. The van der Waals surface area contributed by atoms with Crippen LogP contribution in [0.3, 0.4) is 0 Å². The number of alkyl halides is 3. The van der Waals surface area contributed by atoms with E-state index in [4.69, 9.17) is 11.6 Å². The zero-order valence-corrected chi connectivity index (χ0v) is 15.0. The molecule has 0 saturated heterocycles. The van der Waals surface area contributed by atoms with Crippen LogP contribution in [0.4, 0.5) is 18.9 Å². The molecule has 2 aromatic carbocycles. The van der Waals surface area contributed by atoms with Gasteiger partial charge in [0.05, 0.1) is 15.5 Å². The van der Waals surface area contributed by atoms with E-state index in [0.29, 0.717) is 5.56 Å². The molecular weight excluding hydrogens is 377 g/mol. The summed E-state index contributed by atoms with van der Waals surface area (Å²) in [6.45, 7) is 0.162. The fourth-order valence-electron chi connectivity index (χ4n) is 2.08. The third-order valence-electron chi connectivity index (χ3n) is 3.45. The molecule has 136 valence electrons. The summed E-state index contributed by atoms with van der Waals surface area (Å²) < 4.78 is 63.9. The summed E-state index contributed by atoms with van der Waals surface area (Å²) in [4.78, 5) is 0.115. The predicted octanol–water partition coefficient (Wildman–Crippen LogP) is 4.22. The highest BCUT2D eigenvalue weighted by Gasteiger charge is 2.33. The maximum absolute atomic E-state index is 12.9. The first-order chi connectivity index (χ1) is 11.5. The van der Waals surface area contributed by atoms with Crippen molar-refractivity contribution >= 4 is 27.3 Å². The Bertz CT molecular complexity index is 868. The number of hydrogen-bond acceptors (Lipinski definition) is 3. The van der Waals surface area contributed by atoms with Crippen molar-refractivity contribution in [2.45, 2.75) is 17.6 Å². The van der Waals surface area contributed by atoms with Crippen LogP contribution >= 0.6 is 11.6 Å². The normalized spacial score (nSPS) is 12.4. The molecule has 0 bridgehead atoms. The first-order valence-corrected chi connectivity index (χ1v) is 8.95. The fraction of sp³-hybridized carbons (Fsp3) is 0.250. The van der Waals surface area contributed by atoms with Gasteiger partial charge in [-0.15, -0.1) is 0 Å². The number of sulfonamides is 1. The first-order valence-electron chi connectivity index (χ1n) is 7.14. The van der Waals surface area contributed by atoms with Crippen LogP contribution in [0, 0.1) is 0 Å². The van der Waals surface area contributed by atoms with Gasteiger partial charge in [-0.25, -0.2) is 12.7 Å². The van der Waals surface area contributed by atoms with E-state index < -0.39 is 21.8 Å². The fourth-order valence-corrected chi connectivity index (χ4v) is 3.28. The Hall–Kier alpha value is -1.77. The van der Waals surface area contributed by atoms with Crippen molar-refractivity contribution < 1.29 is 21.6 Å². The van der Waals surface area contributed by atoms with E-state index in [1.165, 1.54) is 38.4 Å². The van der Waals surface area contributed by atoms with Crippen molar-refractivity contribution in [3.63, 3.8) is 0 Å². The molecule has 0 aromatic heterocycles. The van der Waals surface area contributed by atoms with Crippen molar-refractivity contribution in [3.8, 4) is 0 Å². The maximum atomic E-state index is 12.9. The van der Waals surface area contributed by atoms with E-state index in [0.717, 1.165) is 10.4 Å². The quantitative estimate of drug-likeness (QED) is 0.828. The van der Waals surface area contributed by atoms with E-state index >= 15 is 0 Å². The van der Waals surface area contributed by atoms with Crippen molar-refractivity contribution in [3.05, 3.63) is 58.6 Å². The van der Waals surface area contributed by atoms with Crippen molar-refractivity contribution in [1.82, 2.24) is 4.31 Å². The molecule has 0 atom stereocenters. The highest BCUT2D eigenvalue weighted by atomic mass is 35.5. The molecule has 0 spiro atoms. The molecule has 0 saturated carbocycles. The van der Waals surface area contributed by atoms with Gasteiger partial charge in [0.2, 0.25) is 10.0 Å². The highest BCUT2D eigenvalue weighted by molar-refractivity contribution is 7.89. The van der Waals surface area contributed by atoms with E-state index in [9.17, 15) is 21.6 Å². The summed E-state index contributed by atoms with van der Waals surface area (Å²) in [6, 6.07) is 9.71. The van der Waals surface area contributed by atoms with E-state index in [1.807, 2.05) is 0 Å². The number of nitrogens with zero attached hydrogens (tertiary/aromatic N) is 1. The van der Waals surface area contributed by atoms with Crippen LogP contribution in [-0.4, -0.2) is 26.8 Å². The Morgan fingerprint density at radius 3 is 2.40 bits per heavy atom. The molecule has 2 aromatic rings. The van der Waals surface area contributed by atoms with Gasteiger partial charge in [-0.1, -0.05) is 23.7 Å². The number of nitrogens with one attached hydrogen (secondary N) is 1. The molecule has 9 heteroatoms. The van der Waals surface area contributed by atoms with Crippen molar-refractivity contribution in [2.75, 3.05) is 19.4 Å². The number of halogens is 4. The number of anilines is 1. The van der Waals surface area contributed by atoms with Crippen LogP contribution in [0.5, 0.6) is 0 Å². The van der Waals surface area contributed by atoms with Crippen molar-refractivity contribution in [2.24, 2.45) is 0 Å². The van der Waals surface area contributed by atoms with Gasteiger partial charge in [0.25, 0.3) is 0 Å². The maximum Gasteiger partial charge on any atom is 0.417 e. The Labute approximate surface area is 149 Å². The summed E-state index contributed by atoms with van der Waals surface area (Å²) in [7, 11) is -0.728. The standard InChI is InChI=1S/C16H16ClF3N2O2S/c1-22(2)25(23,24)13-5-3-4-11(8-13)10-21-12-6-7-15(17)14(9-12)16(18,19)20/h3-9,21H,10H2,1-2H3. The average Bonchev–Trinajstić information content (AvgIpc) is 2.53. The van der Waals surface area contributed by atoms with Gasteiger partial charge in [-0.05, 0) is 35.9 Å². The monoisotopic (exact) mass is 392 g/mol. The number of benzene rings is 2. The molecule has 0 fully saturated rings. The lowest BCUT2D eigenvalue weighted by Gasteiger charge is -2.14. The van der Waals surface area contributed by atoms with Gasteiger partial charge in [-0.3, -0.25) is 0 Å². The molecule has 0 aliphatic carbocycles. The molecule has 25 heavy (non-hydrogen) atoms. The summed E-state index contributed by atoms with van der Waals surface area (Å²) in [5.41, 5.74) is -0.0767. The summed E-state index contributed by atoms with van der Waals surface area (Å²) >= 11 is 5.58. The minimum absolute atomic E-state index is 0.115. The van der Waals surface area contributed by atoms with Crippen LogP contribution in [0.15, 0.2) is 47.4 Å². The van der Waals surface area contributed by atoms with Crippen LogP contribution in [0.25, 0.3) is 0 Å². The average molecular weight is 393 g/mol. The van der Waals surface area contributed by atoms with Gasteiger partial charge in [0, 0.05) is 26.3 Å². The van der Waals surface area contributed by atoms with Gasteiger partial charge in [-0.2, -0.15) is 13.2 Å². The Kier molecular flexibility index (Phi) is 5.65. The highest BCUT2D eigenvalue weighted by Crippen LogP contribution is 2.36. The summed E-state index contributed by atoms with van der Waals surface area (Å²) in [6.07, 6.45) is -4.55. The van der Waals surface area contributed by atoms with Gasteiger partial charge in [0.15, 0.2) is 0 Å². The van der Waals surface area contributed by atoms with Crippen LogP contribution < -0.4 is 5.32 Å². The van der Waals surface area contributed by atoms with E-state index in [1.54, 1.807) is 12.1 Å².